The lowest BCUT2D eigenvalue weighted by molar-refractivity contribution is 0.184. The van der Waals surface area contributed by atoms with Gasteiger partial charge in [-0.1, -0.05) is 0 Å². The van der Waals surface area contributed by atoms with Gasteiger partial charge in [-0.05, 0) is 17.7 Å². The van der Waals surface area contributed by atoms with E-state index < -0.39 is 20.6 Å². The van der Waals surface area contributed by atoms with E-state index in [0.717, 1.165) is 0 Å². The van der Waals surface area contributed by atoms with Gasteiger partial charge in [0.15, 0.2) is 11.6 Å². The fourth-order valence-electron chi connectivity index (χ4n) is 1.48. The number of hydrogen-bond donors (Lipinski definition) is 0. The SMILES string of the molecule is COCc1cc(F)c(OC)c(CS(=O)(=O)Cl)c1. The average Bonchev–Trinajstić information content (AvgIpc) is 2.15. The molecule has 0 unspecified atom stereocenters. The third-order valence-electron chi connectivity index (χ3n) is 2.02. The summed E-state index contributed by atoms with van der Waals surface area (Å²) in [5.41, 5.74) is 0.690. The molecule has 0 saturated carbocycles. The molecule has 1 aromatic carbocycles. The Labute approximate surface area is 104 Å². The summed E-state index contributed by atoms with van der Waals surface area (Å²) in [5, 5.41) is 0. The number of methoxy groups -OCH3 is 2. The van der Waals surface area contributed by atoms with Crippen LogP contribution in [0, 0.1) is 5.82 Å². The molecule has 0 amide bonds. The highest BCUT2D eigenvalue weighted by molar-refractivity contribution is 8.13. The summed E-state index contributed by atoms with van der Waals surface area (Å²) in [6.45, 7) is 0.177. The van der Waals surface area contributed by atoms with Crippen LogP contribution in [0.15, 0.2) is 12.1 Å². The molecular weight excluding hydrogens is 271 g/mol. The minimum Gasteiger partial charge on any atom is -0.493 e. The van der Waals surface area contributed by atoms with Crippen LogP contribution in [-0.2, 0) is 26.1 Å². The summed E-state index contributed by atoms with van der Waals surface area (Å²) in [4.78, 5) is 0. The highest BCUT2D eigenvalue weighted by Gasteiger charge is 2.17. The Morgan fingerprint density at radius 2 is 2.00 bits per heavy atom. The number of halogens is 2. The largest absolute Gasteiger partial charge is 0.493 e. The molecule has 0 aliphatic rings. The third-order valence-corrected chi connectivity index (χ3v) is 3.01. The second-order valence-corrected chi connectivity index (χ2v) is 6.16. The molecule has 0 spiro atoms. The van der Waals surface area contributed by atoms with Crippen molar-refractivity contribution in [3.05, 3.63) is 29.1 Å². The van der Waals surface area contributed by atoms with Gasteiger partial charge in [0.25, 0.3) is 0 Å². The molecule has 1 aromatic rings. The topological polar surface area (TPSA) is 52.6 Å². The van der Waals surface area contributed by atoms with E-state index in [1.165, 1.54) is 26.4 Å². The van der Waals surface area contributed by atoms with Gasteiger partial charge in [0.05, 0.1) is 19.5 Å². The van der Waals surface area contributed by atoms with Gasteiger partial charge in [0, 0.05) is 23.4 Å². The average molecular weight is 283 g/mol. The summed E-state index contributed by atoms with van der Waals surface area (Å²) in [6.07, 6.45) is 0. The van der Waals surface area contributed by atoms with E-state index >= 15 is 0 Å². The molecule has 0 aromatic heterocycles. The molecule has 0 bridgehead atoms. The van der Waals surface area contributed by atoms with E-state index in [-0.39, 0.29) is 17.9 Å². The number of rotatable bonds is 5. The van der Waals surface area contributed by atoms with Crippen LogP contribution in [0.5, 0.6) is 5.75 Å². The minimum absolute atomic E-state index is 0.117. The molecule has 0 fully saturated rings. The maximum absolute atomic E-state index is 13.6. The molecule has 0 heterocycles. The van der Waals surface area contributed by atoms with Crippen molar-refractivity contribution < 1.29 is 22.3 Å². The van der Waals surface area contributed by atoms with Gasteiger partial charge in [0.1, 0.15) is 0 Å². The van der Waals surface area contributed by atoms with Crippen molar-refractivity contribution in [2.45, 2.75) is 12.4 Å². The molecule has 0 radical (unpaired) electrons. The van der Waals surface area contributed by atoms with Gasteiger partial charge in [-0.3, -0.25) is 0 Å². The molecule has 7 heteroatoms. The lowest BCUT2D eigenvalue weighted by Gasteiger charge is -2.10. The van der Waals surface area contributed by atoms with Gasteiger partial charge in [-0.15, -0.1) is 0 Å². The number of hydrogen-bond acceptors (Lipinski definition) is 4. The van der Waals surface area contributed by atoms with Crippen LogP contribution >= 0.6 is 10.7 Å². The van der Waals surface area contributed by atoms with E-state index in [9.17, 15) is 12.8 Å². The summed E-state index contributed by atoms with van der Waals surface area (Å²) < 4.78 is 45.3. The standard InChI is InChI=1S/C10H12ClFO4S/c1-15-5-7-3-8(6-17(11,13)14)10(16-2)9(12)4-7/h3-4H,5-6H2,1-2H3. The Hall–Kier alpha value is -0.850. The zero-order valence-corrected chi connectivity index (χ0v) is 10.9. The van der Waals surface area contributed by atoms with Gasteiger partial charge < -0.3 is 9.47 Å². The third kappa shape index (κ3) is 4.14. The second kappa shape index (κ2) is 5.66. The quantitative estimate of drug-likeness (QED) is 0.776. The molecule has 96 valence electrons. The van der Waals surface area contributed by atoms with Crippen LogP contribution in [0.1, 0.15) is 11.1 Å². The van der Waals surface area contributed by atoms with Crippen molar-refractivity contribution in [3.63, 3.8) is 0 Å². The Morgan fingerprint density at radius 1 is 1.35 bits per heavy atom. The van der Waals surface area contributed by atoms with Crippen molar-refractivity contribution in [1.82, 2.24) is 0 Å². The predicted octanol–water partition coefficient (Wildman–Crippen LogP) is 2.05. The van der Waals surface area contributed by atoms with Crippen LogP contribution < -0.4 is 4.74 Å². The number of ether oxygens (including phenoxy) is 2. The maximum atomic E-state index is 13.6. The van der Waals surface area contributed by atoms with E-state index in [4.69, 9.17) is 20.2 Å². The summed E-state index contributed by atoms with van der Waals surface area (Å²) in [6, 6.07) is 2.72. The lowest BCUT2D eigenvalue weighted by atomic mass is 10.1. The van der Waals surface area contributed by atoms with Crippen LogP contribution in [0.25, 0.3) is 0 Å². The van der Waals surface area contributed by atoms with Gasteiger partial charge in [-0.2, -0.15) is 0 Å². The Morgan fingerprint density at radius 3 is 2.47 bits per heavy atom. The number of benzene rings is 1. The zero-order valence-electron chi connectivity index (χ0n) is 9.37. The van der Waals surface area contributed by atoms with Crippen molar-refractivity contribution in [2.75, 3.05) is 14.2 Å². The molecule has 1 rings (SSSR count). The van der Waals surface area contributed by atoms with Gasteiger partial charge in [-0.25, -0.2) is 12.8 Å². The first-order chi connectivity index (χ1) is 7.87. The smallest absolute Gasteiger partial charge is 0.236 e. The van der Waals surface area contributed by atoms with E-state index in [2.05, 4.69) is 0 Å². The summed E-state index contributed by atoms with van der Waals surface area (Å²) in [5.74, 6) is -1.25. The highest BCUT2D eigenvalue weighted by atomic mass is 35.7. The first-order valence-corrected chi connectivity index (χ1v) is 7.11. The van der Waals surface area contributed by atoms with Crippen LogP contribution in [0.3, 0.4) is 0 Å². The first kappa shape index (κ1) is 14.2. The monoisotopic (exact) mass is 282 g/mol. The fourth-order valence-corrected chi connectivity index (χ4v) is 2.42. The summed E-state index contributed by atoms with van der Waals surface area (Å²) >= 11 is 0. The van der Waals surface area contributed by atoms with E-state index in [1.807, 2.05) is 0 Å². The zero-order chi connectivity index (χ0) is 13.1. The Balaban J connectivity index is 3.23. The first-order valence-electron chi connectivity index (χ1n) is 4.64. The second-order valence-electron chi connectivity index (χ2n) is 3.39. The van der Waals surface area contributed by atoms with Crippen molar-refractivity contribution >= 4 is 19.7 Å². The Kier molecular flexibility index (Phi) is 4.73. The van der Waals surface area contributed by atoms with Gasteiger partial charge >= 0.3 is 0 Å². The van der Waals surface area contributed by atoms with Crippen LogP contribution in [0.4, 0.5) is 4.39 Å². The molecular formula is C10H12ClFO4S. The normalized spacial score (nSPS) is 11.5. The maximum Gasteiger partial charge on any atom is 0.236 e. The van der Waals surface area contributed by atoms with Crippen molar-refractivity contribution in [1.29, 1.82) is 0 Å². The van der Waals surface area contributed by atoms with Crippen molar-refractivity contribution in [2.24, 2.45) is 0 Å². The lowest BCUT2D eigenvalue weighted by Crippen LogP contribution is -2.03. The van der Waals surface area contributed by atoms with E-state index in [0.29, 0.717) is 5.56 Å². The molecule has 0 aliphatic heterocycles. The predicted molar refractivity (Wildman–Crippen MR) is 62.1 cm³/mol. The van der Waals surface area contributed by atoms with Crippen molar-refractivity contribution in [3.8, 4) is 5.75 Å². The summed E-state index contributed by atoms with van der Waals surface area (Å²) in [7, 11) is 4.09. The molecule has 0 atom stereocenters. The van der Waals surface area contributed by atoms with Crippen LogP contribution in [0.2, 0.25) is 0 Å². The molecule has 0 aliphatic carbocycles. The molecule has 17 heavy (non-hydrogen) atoms. The molecule has 0 N–H and O–H groups in total. The minimum atomic E-state index is -3.77. The van der Waals surface area contributed by atoms with Gasteiger partial charge in [0.2, 0.25) is 9.05 Å². The molecule has 4 nitrogen and oxygen atoms in total. The Bertz CT molecular complexity index is 501. The van der Waals surface area contributed by atoms with E-state index in [1.54, 1.807) is 0 Å². The molecule has 0 saturated heterocycles. The fraction of sp³-hybridized carbons (Fsp3) is 0.400. The highest BCUT2D eigenvalue weighted by Crippen LogP contribution is 2.27. The van der Waals surface area contributed by atoms with Crippen LogP contribution in [-0.4, -0.2) is 22.6 Å².